The van der Waals surface area contributed by atoms with Crippen LogP contribution in [0.15, 0.2) is 24.4 Å². The molecule has 1 saturated heterocycles. The lowest BCUT2D eigenvalue weighted by Crippen LogP contribution is -2.15. The lowest BCUT2D eigenvalue weighted by Gasteiger charge is -2.13. The van der Waals surface area contributed by atoms with Crippen molar-refractivity contribution in [3.63, 3.8) is 0 Å². The van der Waals surface area contributed by atoms with Crippen LogP contribution in [-0.2, 0) is 11.3 Å². The van der Waals surface area contributed by atoms with Crippen LogP contribution in [0.25, 0.3) is 10.9 Å². The van der Waals surface area contributed by atoms with Crippen molar-refractivity contribution in [2.75, 3.05) is 0 Å². The zero-order valence-electron chi connectivity index (χ0n) is 10.8. The van der Waals surface area contributed by atoms with Crippen LogP contribution >= 0.6 is 11.6 Å². The number of benzene rings is 1. The predicted molar refractivity (Wildman–Crippen MR) is 75.9 cm³/mol. The summed E-state index contributed by atoms with van der Waals surface area (Å²) in [5, 5.41) is 1.63. The molecule has 3 nitrogen and oxygen atoms in total. The third-order valence-electron chi connectivity index (χ3n) is 3.72. The largest absolute Gasteiger partial charge is 0.373 e. The number of halogens is 1. The standard InChI is InChI=1S/C15H16ClNO2/c1-10-2-4-13(19-10)8-17-7-11(9-18)14-5-3-12(16)6-15(14)17/h3,5-7,9-10,13H,2,4,8H2,1H3. The van der Waals surface area contributed by atoms with E-state index in [1.165, 1.54) is 0 Å². The van der Waals surface area contributed by atoms with E-state index in [1.54, 1.807) is 0 Å². The van der Waals surface area contributed by atoms with Gasteiger partial charge in [-0.05, 0) is 31.9 Å². The highest BCUT2D eigenvalue weighted by molar-refractivity contribution is 6.31. The smallest absolute Gasteiger partial charge is 0.152 e. The number of carbonyl (C=O) groups excluding carboxylic acids is 1. The third kappa shape index (κ3) is 2.40. The van der Waals surface area contributed by atoms with E-state index in [-0.39, 0.29) is 6.10 Å². The van der Waals surface area contributed by atoms with Gasteiger partial charge in [0, 0.05) is 28.7 Å². The summed E-state index contributed by atoms with van der Waals surface area (Å²) in [7, 11) is 0. The molecular formula is C15H16ClNO2. The van der Waals surface area contributed by atoms with Gasteiger partial charge in [-0.3, -0.25) is 4.79 Å². The molecule has 1 aliphatic rings. The molecule has 3 rings (SSSR count). The number of ether oxygens (including phenoxy) is 1. The minimum absolute atomic E-state index is 0.226. The summed E-state index contributed by atoms with van der Waals surface area (Å²) in [5.41, 5.74) is 1.70. The maximum absolute atomic E-state index is 11.1. The fraction of sp³-hybridized carbons (Fsp3) is 0.400. The van der Waals surface area contributed by atoms with Crippen molar-refractivity contribution in [3.8, 4) is 0 Å². The molecule has 1 aromatic carbocycles. The van der Waals surface area contributed by atoms with Crippen molar-refractivity contribution in [1.82, 2.24) is 4.57 Å². The summed E-state index contributed by atoms with van der Waals surface area (Å²) in [5.74, 6) is 0. The molecule has 0 amide bonds. The molecule has 2 atom stereocenters. The van der Waals surface area contributed by atoms with Gasteiger partial charge in [0.25, 0.3) is 0 Å². The predicted octanol–water partition coefficient (Wildman–Crippen LogP) is 3.67. The first kappa shape index (κ1) is 12.7. The van der Waals surface area contributed by atoms with E-state index in [1.807, 2.05) is 24.4 Å². The van der Waals surface area contributed by atoms with Crippen LogP contribution in [0.1, 0.15) is 30.1 Å². The number of fused-ring (bicyclic) bond motifs is 1. The molecule has 2 aromatic rings. The Hall–Kier alpha value is -1.32. The van der Waals surface area contributed by atoms with Gasteiger partial charge in [-0.1, -0.05) is 17.7 Å². The fourth-order valence-electron chi connectivity index (χ4n) is 2.78. The van der Waals surface area contributed by atoms with Gasteiger partial charge in [0.1, 0.15) is 0 Å². The first-order valence-electron chi connectivity index (χ1n) is 6.56. The second-order valence-corrected chi connectivity index (χ2v) is 5.60. The number of rotatable bonds is 3. The first-order chi connectivity index (χ1) is 9.17. The molecule has 19 heavy (non-hydrogen) atoms. The van der Waals surface area contributed by atoms with E-state index in [2.05, 4.69) is 11.5 Å². The summed E-state index contributed by atoms with van der Waals surface area (Å²) in [6.45, 7) is 2.87. The number of nitrogens with zero attached hydrogens (tertiary/aromatic N) is 1. The second kappa shape index (κ2) is 4.99. The Morgan fingerprint density at radius 3 is 3.00 bits per heavy atom. The molecule has 0 N–H and O–H groups in total. The summed E-state index contributed by atoms with van der Waals surface area (Å²) < 4.78 is 7.92. The van der Waals surface area contributed by atoms with Gasteiger partial charge in [0.15, 0.2) is 6.29 Å². The van der Waals surface area contributed by atoms with E-state index < -0.39 is 0 Å². The SMILES string of the molecule is CC1CCC(Cn2cc(C=O)c3ccc(Cl)cc32)O1. The van der Waals surface area contributed by atoms with Crippen LogP contribution in [0.5, 0.6) is 0 Å². The van der Waals surface area contributed by atoms with Gasteiger partial charge < -0.3 is 9.30 Å². The maximum atomic E-state index is 11.1. The average Bonchev–Trinajstić information content (AvgIpc) is 2.94. The Morgan fingerprint density at radius 2 is 2.32 bits per heavy atom. The van der Waals surface area contributed by atoms with Crippen LogP contribution in [0.3, 0.4) is 0 Å². The summed E-state index contributed by atoms with van der Waals surface area (Å²) in [4.78, 5) is 11.1. The molecule has 0 saturated carbocycles. The Kier molecular flexibility index (Phi) is 3.33. The first-order valence-corrected chi connectivity index (χ1v) is 6.94. The van der Waals surface area contributed by atoms with E-state index in [0.29, 0.717) is 16.7 Å². The normalized spacial score (nSPS) is 23.1. The van der Waals surface area contributed by atoms with Crippen LogP contribution in [0.4, 0.5) is 0 Å². The van der Waals surface area contributed by atoms with E-state index in [9.17, 15) is 4.79 Å². The molecule has 0 aliphatic carbocycles. The van der Waals surface area contributed by atoms with E-state index in [4.69, 9.17) is 16.3 Å². The molecule has 0 radical (unpaired) electrons. The number of aromatic nitrogens is 1. The molecule has 100 valence electrons. The van der Waals surface area contributed by atoms with Gasteiger partial charge in [0.2, 0.25) is 0 Å². The highest BCUT2D eigenvalue weighted by atomic mass is 35.5. The minimum atomic E-state index is 0.226. The quantitative estimate of drug-likeness (QED) is 0.802. The molecule has 0 spiro atoms. The Labute approximate surface area is 117 Å². The molecule has 1 aliphatic heterocycles. The van der Waals surface area contributed by atoms with Crippen molar-refractivity contribution in [2.24, 2.45) is 0 Å². The second-order valence-electron chi connectivity index (χ2n) is 5.16. The number of hydrogen-bond donors (Lipinski definition) is 0. The summed E-state index contributed by atoms with van der Waals surface area (Å²) >= 11 is 6.05. The van der Waals surface area contributed by atoms with Crippen LogP contribution < -0.4 is 0 Å². The third-order valence-corrected chi connectivity index (χ3v) is 3.96. The number of hydrogen-bond acceptors (Lipinski definition) is 2. The summed E-state index contributed by atoms with van der Waals surface area (Å²) in [6, 6.07) is 5.62. The van der Waals surface area contributed by atoms with Crippen molar-refractivity contribution in [1.29, 1.82) is 0 Å². The van der Waals surface area contributed by atoms with Crippen LogP contribution in [0, 0.1) is 0 Å². The van der Waals surface area contributed by atoms with Gasteiger partial charge in [-0.2, -0.15) is 0 Å². The molecule has 0 bridgehead atoms. The zero-order valence-corrected chi connectivity index (χ0v) is 11.6. The lowest BCUT2D eigenvalue weighted by molar-refractivity contribution is 0.0465. The molecule has 4 heteroatoms. The molecule has 1 fully saturated rings. The Balaban J connectivity index is 1.98. The van der Waals surface area contributed by atoms with Crippen LogP contribution in [-0.4, -0.2) is 23.1 Å². The summed E-state index contributed by atoms with van der Waals surface area (Å²) in [6.07, 6.45) is 5.51. The van der Waals surface area contributed by atoms with Crippen LogP contribution in [0.2, 0.25) is 5.02 Å². The molecule has 1 aromatic heterocycles. The van der Waals surface area contributed by atoms with E-state index in [0.717, 1.165) is 36.6 Å². The Morgan fingerprint density at radius 1 is 1.47 bits per heavy atom. The Bertz CT molecular complexity index is 620. The van der Waals surface area contributed by atoms with Gasteiger partial charge in [-0.25, -0.2) is 0 Å². The topological polar surface area (TPSA) is 31.2 Å². The maximum Gasteiger partial charge on any atom is 0.152 e. The van der Waals surface area contributed by atoms with E-state index >= 15 is 0 Å². The average molecular weight is 278 g/mol. The van der Waals surface area contributed by atoms with Crippen molar-refractivity contribution in [3.05, 3.63) is 35.0 Å². The number of aldehydes is 1. The number of carbonyl (C=O) groups is 1. The van der Waals surface area contributed by atoms with Crippen molar-refractivity contribution < 1.29 is 9.53 Å². The highest BCUT2D eigenvalue weighted by Crippen LogP contribution is 2.27. The monoisotopic (exact) mass is 277 g/mol. The van der Waals surface area contributed by atoms with Crippen molar-refractivity contribution in [2.45, 2.75) is 38.5 Å². The molecule has 2 heterocycles. The molecular weight excluding hydrogens is 262 g/mol. The van der Waals surface area contributed by atoms with Gasteiger partial charge >= 0.3 is 0 Å². The van der Waals surface area contributed by atoms with Crippen molar-refractivity contribution >= 4 is 28.8 Å². The lowest BCUT2D eigenvalue weighted by atomic mass is 10.2. The molecule has 2 unspecified atom stereocenters. The zero-order chi connectivity index (χ0) is 13.4. The fourth-order valence-corrected chi connectivity index (χ4v) is 2.94. The highest BCUT2D eigenvalue weighted by Gasteiger charge is 2.22. The minimum Gasteiger partial charge on any atom is -0.373 e. The van der Waals surface area contributed by atoms with Gasteiger partial charge in [0.05, 0.1) is 17.7 Å². The van der Waals surface area contributed by atoms with Gasteiger partial charge in [-0.15, -0.1) is 0 Å².